The van der Waals surface area contributed by atoms with Gasteiger partial charge in [-0.3, -0.25) is 9.59 Å². The number of benzene rings is 1. The van der Waals surface area contributed by atoms with Crippen molar-refractivity contribution < 1.29 is 37.1 Å². The summed E-state index contributed by atoms with van der Waals surface area (Å²) in [6, 6.07) is 5.36. The first kappa shape index (κ1) is 28.3. The highest BCUT2D eigenvalue weighted by atomic mass is 32.2. The van der Waals surface area contributed by atoms with Crippen molar-refractivity contribution in [1.82, 2.24) is 9.21 Å². The van der Waals surface area contributed by atoms with Gasteiger partial charge < -0.3 is 19.7 Å². The van der Waals surface area contributed by atoms with Gasteiger partial charge in [0.05, 0.1) is 22.6 Å². The minimum atomic E-state index is -3.89. The summed E-state index contributed by atoms with van der Waals surface area (Å²) in [4.78, 5) is 51.1. The van der Waals surface area contributed by atoms with Gasteiger partial charge in [0.25, 0.3) is 5.91 Å². The van der Waals surface area contributed by atoms with Crippen LogP contribution < -0.4 is 5.32 Å². The van der Waals surface area contributed by atoms with Gasteiger partial charge in [-0.25, -0.2) is 18.0 Å². The summed E-state index contributed by atoms with van der Waals surface area (Å²) >= 11 is 1.21. The van der Waals surface area contributed by atoms with Gasteiger partial charge in [0.2, 0.25) is 15.9 Å². The third-order valence-corrected chi connectivity index (χ3v) is 8.86. The van der Waals surface area contributed by atoms with Gasteiger partial charge >= 0.3 is 11.9 Å². The first-order valence-corrected chi connectivity index (χ1v) is 13.8. The van der Waals surface area contributed by atoms with Crippen molar-refractivity contribution in [3.63, 3.8) is 0 Å². The van der Waals surface area contributed by atoms with Crippen LogP contribution in [-0.2, 0) is 29.1 Å². The van der Waals surface area contributed by atoms with Crippen LogP contribution in [0.25, 0.3) is 0 Å². The number of ether oxygens (including phenoxy) is 2. The summed E-state index contributed by atoms with van der Waals surface area (Å²) in [5.41, 5.74) is 0.911. The highest BCUT2D eigenvalue weighted by Gasteiger charge is 2.30. The van der Waals surface area contributed by atoms with Crippen LogP contribution >= 0.6 is 11.3 Å². The number of sulfonamides is 1. The fourth-order valence-electron chi connectivity index (χ4n) is 3.72. The SMILES string of the molecule is CCOC(=O)c1c(NC(=O)COC(=O)c2cccc(S(=O)(=O)N3CCN(C(C)=O)CC3)c2)sc(C)c1C. The number of esters is 2. The molecule has 0 spiro atoms. The molecule has 1 aromatic carbocycles. The maximum Gasteiger partial charge on any atom is 0.341 e. The van der Waals surface area contributed by atoms with E-state index < -0.39 is 34.5 Å². The second-order valence-electron chi connectivity index (χ2n) is 8.27. The smallest absolute Gasteiger partial charge is 0.341 e. The molecule has 0 unspecified atom stereocenters. The summed E-state index contributed by atoms with van der Waals surface area (Å²) < 4.78 is 37.5. The van der Waals surface area contributed by atoms with E-state index in [1.54, 1.807) is 18.7 Å². The molecular weight excluding hydrogens is 522 g/mol. The van der Waals surface area contributed by atoms with Gasteiger partial charge in [0.15, 0.2) is 6.61 Å². The average molecular weight is 552 g/mol. The van der Waals surface area contributed by atoms with Crippen LogP contribution in [0.3, 0.4) is 0 Å². The molecule has 0 bridgehead atoms. The minimum Gasteiger partial charge on any atom is -0.462 e. The lowest BCUT2D eigenvalue weighted by Gasteiger charge is -2.33. The Morgan fingerprint density at radius 3 is 2.32 bits per heavy atom. The molecule has 13 heteroatoms. The van der Waals surface area contributed by atoms with Gasteiger partial charge in [-0.15, -0.1) is 11.3 Å². The number of carbonyl (C=O) groups is 4. The van der Waals surface area contributed by atoms with E-state index in [1.807, 2.05) is 6.92 Å². The van der Waals surface area contributed by atoms with E-state index in [-0.39, 0.29) is 54.7 Å². The lowest BCUT2D eigenvalue weighted by atomic mass is 10.1. The molecule has 1 N–H and O–H groups in total. The maximum absolute atomic E-state index is 13.0. The fraction of sp³-hybridized carbons (Fsp3) is 0.417. The van der Waals surface area contributed by atoms with Crippen molar-refractivity contribution >= 4 is 50.1 Å². The molecule has 2 aromatic rings. The normalized spacial score (nSPS) is 14.2. The monoisotopic (exact) mass is 551 g/mol. The number of hydrogen-bond acceptors (Lipinski definition) is 9. The van der Waals surface area contributed by atoms with Crippen LogP contribution in [0.1, 0.15) is 45.0 Å². The molecule has 0 radical (unpaired) electrons. The Morgan fingerprint density at radius 1 is 1.03 bits per heavy atom. The number of thiophene rings is 1. The van der Waals surface area contributed by atoms with Crippen LogP contribution in [0.5, 0.6) is 0 Å². The van der Waals surface area contributed by atoms with Crippen molar-refractivity contribution in [2.24, 2.45) is 0 Å². The van der Waals surface area contributed by atoms with E-state index in [1.165, 1.54) is 46.8 Å². The van der Waals surface area contributed by atoms with Gasteiger partial charge in [0.1, 0.15) is 5.00 Å². The maximum atomic E-state index is 13.0. The van der Waals surface area contributed by atoms with Crippen molar-refractivity contribution in [2.45, 2.75) is 32.6 Å². The number of carbonyl (C=O) groups excluding carboxylic acids is 4. The quantitative estimate of drug-likeness (QED) is 0.493. The molecule has 2 amide bonds. The molecule has 1 saturated heterocycles. The van der Waals surface area contributed by atoms with Crippen molar-refractivity contribution in [1.29, 1.82) is 0 Å². The molecule has 0 aliphatic carbocycles. The summed E-state index contributed by atoms with van der Waals surface area (Å²) in [6.07, 6.45) is 0. The molecule has 1 aliphatic heterocycles. The van der Waals surface area contributed by atoms with Crippen molar-refractivity contribution in [2.75, 3.05) is 44.7 Å². The number of rotatable bonds is 8. The lowest BCUT2D eigenvalue weighted by molar-refractivity contribution is -0.130. The zero-order valence-corrected chi connectivity index (χ0v) is 22.7. The van der Waals surface area contributed by atoms with E-state index in [4.69, 9.17) is 9.47 Å². The summed E-state index contributed by atoms with van der Waals surface area (Å²) in [6.45, 7) is 7.07. The van der Waals surface area contributed by atoms with E-state index in [0.717, 1.165) is 4.88 Å². The Morgan fingerprint density at radius 2 is 1.70 bits per heavy atom. The molecule has 0 atom stereocenters. The highest BCUT2D eigenvalue weighted by molar-refractivity contribution is 7.89. The average Bonchev–Trinajstić information content (AvgIpc) is 3.15. The molecule has 1 aromatic heterocycles. The van der Waals surface area contributed by atoms with E-state index in [2.05, 4.69) is 5.32 Å². The summed E-state index contributed by atoms with van der Waals surface area (Å²) in [5.74, 6) is -2.21. The third kappa shape index (κ3) is 6.53. The van der Waals surface area contributed by atoms with Gasteiger partial charge in [0, 0.05) is 38.0 Å². The molecule has 200 valence electrons. The van der Waals surface area contributed by atoms with Crippen molar-refractivity contribution in [3.05, 3.63) is 45.8 Å². The number of anilines is 1. The Labute approximate surface area is 219 Å². The van der Waals surface area contributed by atoms with Crippen molar-refractivity contribution in [3.8, 4) is 0 Å². The summed E-state index contributed by atoms with van der Waals surface area (Å²) in [7, 11) is -3.89. The molecule has 37 heavy (non-hydrogen) atoms. The largest absolute Gasteiger partial charge is 0.462 e. The van der Waals surface area contributed by atoms with Gasteiger partial charge in [-0.2, -0.15) is 4.31 Å². The number of aryl methyl sites for hydroxylation is 1. The first-order valence-electron chi connectivity index (χ1n) is 11.6. The van der Waals surface area contributed by atoms with E-state index in [9.17, 15) is 27.6 Å². The molecule has 1 fully saturated rings. The molecule has 3 rings (SSSR count). The predicted octanol–water partition coefficient (Wildman–Crippen LogP) is 2.19. The number of piperazine rings is 1. The standard InChI is InChI=1S/C24H29N3O8S2/c1-5-34-24(31)21-15(2)16(3)36-22(21)25-20(29)14-35-23(30)18-7-6-8-19(13-18)37(32,33)27-11-9-26(10-12-27)17(4)28/h6-8,13H,5,9-12,14H2,1-4H3,(H,25,29). The van der Waals surface area contributed by atoms with Crippen LogP contribution in [0.2, 0.25) is 0 Å². The number of nitrogens with one attached hydrogen (secondary N) is 1. The van der Waals surface area contributed by atoms with E-state index in [0.29, 0.717) is 10.6 Å². The Hall–Kier alpha value is -3.29. The Balaban J connectivity index is 1.64. The second kappa shape index (κ2) is 11.8. The topological polar surface area (TPSA) is 139 Å². The van der Waals surface area contributed by atoms with Crippen LogP contribution in [0, 0.1) is 13.8 Å². The summed E-state index contributed by atoms with van der Waals surface area (Å²) in [5, 5.41) is 2.88. The second-order valence-corrected chi connectivity index (χ2v) is 11.4. The number of nitrogens with zero attached hydrogens (tertiary/aromatic N) is 2. The minimum absolute atomic E-state index is 0.0359. The third-order valence-electron chi connectivity index (χ3n) is 5.84. The molecule has 0 saturated carbocycles. The zero-order chi connectivity index (χ0) is 27.3. The molecule has 2 heterocycles. The first-order chi connectivity index (χ1) is 17.4. The number of hydrogen-bond donors (Lipinski definition) is 1. The van der Waals surface area contributed by atoms with Gasteiger partial charge in [-0.1, -0.05) is 6.07 Å². The Bertz CT molecular complexity index is 1310. The highest BCUT2D eigenvalue weighted by Crippen LogP contribution is 2.33. The molecule has 1 aliphatic rings. The predicted molar refractivity (Wildman–Crippen MR) is 136 cm³/mol. The lowest BCUT2D eigenvalue weighted by Crippen LogP contribution is -2.49. The zero-order valence-electron chi connectivity index (χ0n) is 21.0. The molecular formula is C24H29N3O8S2. The van der Waals surface area contributed by atoms with Gasteiger partial charge in [-0.05, 0) is 44.5 Å². The van der Waals surface area contributed by atoms with E-state index >= 15 is 0 Å². The van der Waals surface area contributed by atoms with Crippen LogP contribution in [0.15, 0.2) is 29.2 Å². The van der Waals surface area contributed by atoms with Crippen LogP contribution in [-0.4, -0.2) is 80.8 Å². The number of amides is 2. The van der Waals surface area contributed by atoms with Crippen LogP contribution in [0.4, 0.5) is 5.00 Å². The Kier molecular flexibility index (Phi) is 9.05. The fourth-order valence-corrected chi connectivity index (χ4v) is 6.25. The molecule has 11 nitrogen and oxygen atoms in total.